The highest BCUT2D eigenvalue weighted by molar-refractivity contribution is 5.92. The third-order valence-electron chi connectivity index (χ3n) is 2.39. The van der Waals surface area contributed by atoms with E-state index in [2.05, 4.69) is 24.1 Å². The molecule has 16 heavy (non-hydrogen) atoms. The first kappa shape index (κ1) is 12.7. The molecular formula is C13H20N2O. The van der Waals surface area contributed by atoms with E-state index >= 15 is 0 Å². The van der Waals surface area contributed by atoms with Gasteiger partial charge in [0.25, 0.3) is 5.91 Å². The largest absolute Gasteiger partial charge is 0.351 e. The van der Waals surface area contributed by atoms with Crippen LogP contribution in [0.25, 0.3) is 0 Å². The van der Waals surface area contributed by atoms with Gasteiger partial charge in [0.05, 0.1) is 0 Å². The predicted molar refractivity (Wildman–Crippen MR) is 65.3 cm³/mol. The van der Waals surface area contributed by atoms with E-state index in [1.807, 2.05) is 6.07 Å². The lowest BCUT2D eigenvalue weighted by Crippen LogP contribution is -2.25. The number of carbonyl (C=O) groups is 1. The first-order valence-electron chi connectivity index (χ1n) is 5.89. The second kappa shape index (κ2) is 6.99. The molecule has 1 rings (SSSR count). The molecule has 0 spiro atoms. The molecule has 1 aromatic rings. The van der Waals surface area contributed by atoms with Gasteiger partial charge in [-0.25, -0.2) is 0 Å². The van der Waals surface area contributed by atoms with Crippen molar-refractivity contribution in [2.75, 3.05) is 6.54 Å². The number of amides is 1. The third kappa shape index (κ3) is 4.91. The summed E-state index contributed by atoms with van der Waals surface area (Å²) in [7, 11) is 0. The lowest BCUT2D eigenvalue weighted by Gasteiger charge is -2.06. The molecule has 0 fully saturated rings. The molecule has 0 bridgehead atoms. The third-order valence-corrected chi connectivity index (χ3v) is 2.39. The van der Waals surface area contributed by atoms with Gasteiger partial charge in [-0.2, -0.15) is 0 Å². The van der Waals surface area contributed by atoms with Crippen molar-refractivity contribution in [2.24, 2.45) is 5.92 Å². The molecule has 88 valence electrons. The standard InChI is InChI=1S/C13H20N2O/c1-11(2)7-3-5-10-15-13(16)12-8-4-6-9-14-12/h4,6,8-9,11H,3,5,7,10H2,1-2H3,(H,15,16). The van der Waals surface area contributed by atoms with E-state index in [-0.39, 0.29) is 5.91 Å². The number of nitrogens with zero attached hydrogens (tertiary/aromatic N) is 1. The molecule has 0 aliphatic heterocycles. The fraction of sp³-hybridized carbons (Fsp3) is 0.538. The van der Waals surface area contributed by atoms with E-state index in [0.717, 1.165) is 18.9 Å². The normalized spacial score (nSPS) is 10.4. The van der Waals surface area contributed by atoms with E-state index in [1.54, 1.807) is 18.3 Å². The van der Waals surface area contributed by atoms with Crippen LogP contribution >= 0.6 is 0 Å². The highest BCUT2D eigenvalue weighted by atomic mass is 16.1. The number of carbonyl (C=O) groups excluding carboxylic acids is 1. The van der Waals surface area contributed by atoms with Gasteiger partial charge < -0.3 is 5.32 Å². The molecule has 0 radical (unpaired) electrons. The predicted octanol–water partition coefficient (Wildman–Crippen LogP) is 2.64. The van der Waals surface area contributed by atoms with Gasteiger partial charge in [-0.3, -0.25) is 9.78 Å². The first-order valence-corrected chi connectivity index (χ1v) is 5.89. The average molecular weight is 220 g/mol. The Labute approximate surface area is 97.3 Å². The topological polar surface area (TPSA) is 42.0 Å². The molecule has 0 aliphatic carbocycles. The van der Waals surface area contributed by atoms with Crippen LogP contribution in [0, 0.1) is 5.92 Å². The Morgan fingerprint density at radius 3 is 2.81 bits per heavy atom. The maximum absolute atomic E-state index is 11.6. The van der Waals surface area contributed by atoms with Crippen LogP contribution in [-0.2, 0) is 0 Å². The van der Waals surface area contributed by atoms with Crippen molar-refractivity contribution in [1.29, 1.82) is 0 Å². The minimum Gasteiger partial charge on any atom is -0.351 e. The minimum atomic E-state index is -0.0786. The van der Waals surface area contributed by atoms with Gasteiger partial charge in [0.2, 0.25) is 0 Å². The Morgan fingerprint density at radius 1 is 1.38 bits per heavy atom. The summed E-state index contributed by atoms with van der Waals surface area (Å²) in [4.78, 5) is 15.6. The summed E-state index contributed by atoms with van der Waals surface area (Å²) < 4.78 is 0. The van der Waals surface area contributed by atoms with Crippen LogP contribution in [0.5, 0.6) is 0 Å². The summed E-state index contributed by atoms with van der Waals surface area (Å²) in [6.07, 6.45) is 5.06. The molecule has 0 unspecified atom stereocenters. The number of rotatable bonds is 6. The number of nitrogens with one attached hydrogen (secondary N) is 1. The van der Waals surface area contributed by atoms with E-state index < -0.39 is 0 Å². The van der Waals surface area contributed by atoms with Crippen molar-refractivity contribution in [3.05, 3.63) is 30.1 Å². The van der Waals surface area contributed by atoms with E-state index in [4.69, 9.17) is 0 Å². The monoisotopic (exact) mass is 220 g/mol. The molecule has 3 heteroatoms. The molecule has 0 saturated heterocycles. The maximum Gasteiger partial charge on any atom is 0.269 e. The summed E-state index contributed by atoms with van der Waals surface area (Å²) in [5.74, 6) is 0.664. The van der Waals surface area contributed by atoms with Gasteiger partial charge in [-0.05, 0) is 24.5 Å². The van der Waals surface area contributed by atoms with Crippen LogP contribution in [0.2, 0.25) is 0 Å². The van der Waals surface area contributed by atoms with Gasteiger partial charge >= 0.3 is 0 Å². The molecule has 0 aliphatic rings. The van der Waals surface area contributed by atoms with Crippen molar-refractivity contribution >= 4 is 5.91 Å². The molecule has 1 amide bonds. The van der Waals surface area contributed by atoms with Crippen LogP contribution in [0.3, 0.4) is 0 Å². The Morgan fingerprint density at radius 2 is 2.19 bits per heavy atom. The molecule has 1 heterocycles. The van der Waals surface area contributed by atoms with Crippen molar-refractivity contribution in [1.82, 2.24) is 10.3 Å². The molecule has 3 nitrogen and oxygen atoms in total. The van der Waals surface area contributed by atoms with Crippen molar-refractivity contribution in [2.45, 2.75) is 33.1 Å². The molecule has 1 aromatic heterocycles. The highest BCUT2D eigenvalue weighted by Crippen LogP contribution is 2.05. The lowest BCUT2D eigenvalue weighted by molar-refractivity contribution is 0.0948. The summed E-state index contributed by atoms with van der Waals surface area (Å²) in [6, 6.07) is 5.35. The van der Waals surface area contributed by atoms with Crippen molar-refractivity contribution in [3.8, 4) is 0 Å². The Bertz CT molecular complexity index is 309. The lowest BCUT2D eigenvalue weighted by atomic mass is 10.1. The number of pyridine rings is 1. The highest BCUT2D eigenvalue weighted by Gasteiger charge is 2.04. The van der Waals surface area contributed by atoms with Crippen LogP contribution in [-0.4, -0.2) is 17.4 Å². The second-order valence-corrected chi connectivity index (χ2v) is 4.36. The smallest absolute Gasteiger partial charge is 0.269 e. The van der Waals surface area contributed by atoms with Crippen LogP contribution in [0.1, 0.15) is 43.6 Å². The number of unbranched alkanes of at least 4 members (excludes halogenated alkanes) is 1. The zero-order valence-electron chi connectivity index (χ0n) is 10.1. The zero-order chi connectivity index (χ0) is 11.8. The van der Waals surface area contributed by atoms with Crippen LogP contribution in [0.15, 0.2) is 24.4 Å². The van der Waals surface area contributed by atoms with E-state index in [0.29, 0.717) is 5.69 Å². The van der Waals surface area contributed by atoms with Gasteiger partial charge in [-0.15, -0.1) is 0 Å². The average Bonchev–Trinajstić information content (AvgIpc) is 2.29. The molecule has 0 saturated carbocycles. The summed E-state index contributed by atoms with van der Waals surface area (Å²) in [5, 5.41) is 2.87. The fourth-order valence-electron chi connectivity index (χ4n) is 1.47. The SMILES string of the molecule is CC(C)CCCCNC(=O)c1ccccn1. The Balaban J connectivity index is 2.16. The van der Waals surface area contributed by atoms with Crippen LogP contribution < -0.4 is 5.32 Å². The Hall–Kier alpha value is -1.38. The van der Waals surface area contributed by atoms with Crippen molar-refractivity contribution < 1.29 is 4.79 Å². The first-order chi connectivity index (χ1) is 7.70. The zero-order valence-corrected chi connectivity index (χ0v) is 10.1. The molecule has 0 atom stereocenters. The van der Waals surface area contributed by atoms with Gasteiger partial charge in [0.15, 0.2) is 0 Å². The molecule has 0 aromatic carbocycles. The second-order valence-electron chi connectivity index (χ2n) is 4.36. The summed E-state index contributed by atoms with van der Waals surface area (Å²) >= 11 is 0. The van der Waals surface area contributed by atoms with Crippen molar-refractivity contribution in [3.63, 3.8) is 0 Å². The van der Waals surface area contributed by atoms with E-state index in [9.17, 15) is 4.79 Å². The fourth-order valence-corrected chi connectivity index (χ4v) is 1.47. The van der Waals surface area contributed by atoms with Gasteiger partial charge in [-0.1, -0.05) is 32.8 Å². The van der Waals surface area contributed by atoms with Crippen LogP contribution in [0.4, 0.5) is 0 Å². The van der Waals surface area contributed by atoms with Gasteiger partial charge in [0, 0.05) is 12.7 Å². The summed E-state index contributed by atoms with van der Waals surface area (Å²) in [6.45, 7) is 5.17. The minimum absolute atomic E-state index is 0.0786. The summed E-state index contributed by atoms with van der Waals surface area (Å²) in [5.41, 5.74) is 0.492. The maximum atomic E-state index is 11.6. The van der Waals surface area contributed by atoms with E-state index in [1.165, 1.54) is 12.8 Å². The number of hydrogen-bond acceptors (Lipinski definition) is 2. The number of aromatic nitrogens is 1. The van der Waals surface area contributed by atoms with Gasteiger partial charge in [0.1, 0.15) is 5.69 Å². The molecule has 1 N–H and O–H groups in total. The number of hydrogen-bond donors (Lipinski definition) is 1. The molecular weight excluding hydrogens is 200 g/mol. The Kier molecular flexibility index (Phi) is 5.54. The quantitative estimate of drug-likeness (QED) is 0.749.